The molecule has 5 nitrogen and oxygen atoms in total. The molecule has 140 valence electrons. The molecule has 2 aromatic rings. The summed E-state index contributed by atoms with van der Waals surface area (Å²) in [5.41, 5.74) is 3.01. The number of carboxylic acid groups (broad SMARTS) is 1. The number of hydrogen-bond acceptors (Lipinski definition) is 4. The van der Waals surface area contributed by atoms with Crippen LogP contribution in [0.2, 0.25) is 0 Å². The number of rotatable bonds is 5. The van der Waals surface area contributed by atoms with E-state index in [1.807, 2.05) is 12.1 Å². The molecule has 27 heavy (non-hydrogen) atoms. The molecule has 5 heteroatoms. The van der Waals surface area contributed by atoms with Gasteiger partial charge in [0.25, 0.3) is 0 Å². The minimum absolute atomic E-state index is 0.0939. The molecule has 0 radical (unpaired) electrons. The Bertz CT molecular complexity index is 877. The molecular formula is C22H24N2O3. The number of carboxylic acids is 1. The summed E-state index contributed by atoms with van der Waals surface area (Å²) in [6.07, 6.45) is 6.71. The van der Waals surface area contributed by atoms with Crippen LogP contribution in [0.25, 0.3) is 0 Å². The largest absolute Gasteiger partial charge is 0.493 e. The molecule has 1 aromatic carbocycles. The maximum Gasteiger partial charge on any atom is 0.303 e. The summed E-state index contributed by atoms with van der Waals surface area (Å²) < 4.78 is 5.74. The standard InChI is InChI=1S/C22H24N2O3/c1-22(2)11-12-27-19-10-9-16(13-18(19)22)7-8-17-14-23-20(24-15-17)5-3-4-6-21(25)26/h9-10,13-15H,3-6,11-12H2,1-2H3,(H,25,26). The Kier molecular flexibility index (Phi) is 5.75. The number of ether oxygens (including phenoxy) is 1. The predicted molar refractivity (Wildman–Crippen MR) is 103 cm³/mol. The second-order valence-corrected chi connectivity index (χ2v) is 7.43. The zero-order chi connectivity index (χ0) is 19.3. The predicted octanol–water partition coefficient (Wildman–Crippen LogP) is 3.73. The Morgan fingerprint density at radius 2 is 1.93 bits per heavy atom. The van der Waals surface area contributed by atoms with Crippen LogP contribution in [0.15, 0.2) is 30.6 Å². The molecule has 1 aliphatic heterocycles. The maximum absolute atomic E-state index is 10.5. The summed E-state index contributed by atoms with van der Waals surface area (Å²) >= 11 is 0. The fourth-order valence-electron chi connectivity index (χ4n) is 3.07. The lowest BCUT2D eigenvalue weighted by Crippen LogP contribution is -2.26. The molecule has 1 aliphatic rings. The van der Waals surface area contributed by atoms with E-state index in [4.69, 9.17) is 9.84 Å². The highest BCUT2D eigenvalue weighted by atomic mass is 16.5. The number of fused-ring (bicyclic) bond motifs is 1. The lowest BCUT2D eigenvalue weighted by molar-refractivity contribution is -0.137. The fraction of sp³-hybridized carbons (Fsp3) is 0.409. The number of nitrogens with zero attached hydrogens (tertiary/aromatic N) is 2. The van der Waals surface area contributed by atoms with Crippen molar-refractivity contribution in [3.8, 4) is 17.6 Å². The summed E-state index contributed by atoms with van der Waals surface area (Å²) in [6, 6.07) is 6.08. The topological polar surface area (TPSA) is 72.3 Å². The Morgan fingerprint density at radius 3 is 2.67 bits per heavy atom. The Balaban J connectivity index is 1.65. The first-order chi connectivity index (χ1) is 12.9. The van der Waals surface area contributed by atoms with Crippen LogP contribution in [0.4, 0.5) is 0 Å². The van der Waals surface area contributed by atoms with Gasteiger partial charge in [-0.05, 0) is 42.9 Å². The van der Waals surface area contributed by atoms with E-state index in [9.17, 15) is 4.79 Å². The highest BCUT2D eigenvalue weighted by Crippen LogP contribution is 2.38. The molecule has 0 spiro atoms. The van der Waals surface area contributed by atoms with Crippen molar-refractivity contribution in [1.29, 1.82) is 0 Å². The average molecular weight is 364 g/mol. The number of unbranched alkanes of at least 4 members (excludes halogenated alkanes) is 1. The maximum atomic E-state index is 10.5. The molecular weight excluding hydrogens is 340 g/mol. The fourth-order valence-corrected chi connectivity index (χ4v) is 3.07. The lowest BCUT2D eigenvalue weighted by Gasteiger charge is -2.32. The molecule has 0 bridgehead atoms. The minimum Gasteiger partial charge on any atom is -0.493 e. The summed E-state index contributed by atoms with van der Waals surface area (Å²) in [6.45, 7) is 5.22. The smallest absolute Gasteiger partial charge is 0.303 e. The van der Waals surface area contributed by atoms with Crippen LogP contribution in [-0.2, 0) is 16.6 Å². The van der Waals surface area contributed by atoms with Gasteiger partial charge in [-0.15, -0.1) is 0 Å². The van der Waals surface area contributed by atoms with Crippen LogP contribution in [0.5, 0.6) is 5.75 Å². The zero-order valence-electron chi connectivity index (χ0n) is 15.8. The van der Waals surface area contributed by atoms with E-state index in [1.54, 1.807) is 12.4 Å². The number of aromatic nitrogens is 2. The highest BCUT2D eigenvalue weighted by molar-refractivity contribution is 5.66. The van der Waals surface area contributed by atoms with Gasteiger partial charge in [-0.2, -0.15) is 0 Å². The van der Waals surface area contributed by atoms with E-state index in [1.165, 1.54) is 5.56 Å². The van der Waals surface area contributed by atoms with Crippen molar-refractivity contribution in [3.63, 3.8) is 0 Å². The van der Waals surface area contributed by atoms with Crippen LogP contribution in [-0.4, -0.2) is 27.7 Å². The van der Waals surface area contributed by atoms with Gasteiger partial charge in [-0.3, -0.25) is 4.79 Å². The third-order valence-electron chi connectivity index (χ3n) is 4.79. The minimum atomic E-state index is -0.765. The number of aryl methyl sites for hydroxylation is 1. The summed E-state index contributed by atoms with van der Waals surface area (Å²) in [4.78, 5) is 19.1. The third kappa shape index (κ3) is 5.07. The molecule has 1 aromatic heterocycles. The quantitative estimate of drug-likeness (QED) is 0.646. The number of carbonyl (C=O) groups is 1. The van der Waals surface area contributed by atoms with Crippen molar-refractivity contribution >= 4 is 5.97 Å². The number of hydrogen-bond donors (Lipinski definition) is 1. The first kappa shape index (κ1) is 18.9. The molecule has 2 heterocycles. The van der Waals surface area contributed by atoms with Gasteiger partial charge >= 0.3 is 5.97 Å². The SMILES string of the molecule is CC1(C)CCOc2ccc(C#Cc3cnc(CCCCC(=O)O)nc3)cc21. The highest BCUT2D eigenvalue weighted by Gasteiger charge is 2.28. The first-order valence-electron chi connectivity index (χ1n) is 9.26. The van der Waals surface area contributed by atoms with Crippen LogP contribution in [0, 0.1) is 11.8 Å². The molecule has 0 amide bonds. The normalized spacial score (nSPS) is 14.4. The van der Waals surface area contributed by atoms with Gasteiger partial charge in [-0.25, -0.2) is 9.97 Å². The summed E-state index contributed by atoms with van der Waals surface area (Å²) in [5, 5.41) is 8.64. The third-order valence-corrected chi connectivity index (χ3v) is 4.79. The van der Waals surface area contributed by atoms with Gasteiger partial charge in [0.15, 0.2) is 0 Å². The van der Waals surface area contributed by atoms with Crippen molar-refractivity contribution in [2.45, 2.75) is 51.4 Å². The second-order valence-electron chi connectivity index (χ2n) is 7.43. The van der Waals surface area contributed by atoms with Crippen LogP contribution in [0.1, 0.15) is 62.0 Å². The Labute approximate surface area is 159 Å². The van der Waals surface area contributed by atoms with Gasteiger partial charge in [0.2, 0.25) is 0 Å². The van der Waals surface area contributed by atoms with Crippen molar-refractivity contribution in [1.82, 2.24) is 9.97 Å². The monoisotopic (exact) mass is 364 g/mol. The van der Waals surface area contributed by atoms with E-state index in [0.29, 0.717) is 12.8 Å². The van der Waals surface area contributed by atoms with Gasteiger partial charge < -0.3 is 9.84 Å². The molecule has 0 saturated heterocycles. The van der Waals surface area contributed by atoms with Crippen LogP contribution >= 0.6 is 0 Å². The van der Waals surface area contributed by atoms with E-state index >= 15 is 0 Å². The molecule has 0 unspecified atom stereocenters. The van der Waals surface area contributed by atoms with Crippen molar-refractivity contribution < 1.29 is 14.6 Å². The molecule has 0 atom stereocenters. The number of aliphatic carboxylic acids is 1. The molecule has 1 N–H and O–H groups in total. The first-order valence-corrected chi connectivity index (χ1v) is 9.26. The second kappa shape index (κ2) is 8.22. The van der Waals surface area contributed by atoms with E-state index in [-0.39, 0.29) is 11.8 Å². The average Bonchev–Trinajstić information content (AvgIpc) is 2.64. The van der Waals surface area contributed by atoms with E-state index < -0.39 is 5.97 Å². The van der Waals surface area contributed by atoms with Crippen LogP contribution in [0.3, 0.4) is 0 Å². The molecule has 0 saturated carbocycles. The van der Waals surface area contributed by atoms with Crippen LogP contribution < -0.4 is 4.74 Å². The van der Waals surface area contributed by atoms with Gasteiger partial charge in [0, 0.05) is 36.4 Å². The van der Waals surface area contributed by atoms with Crippen molar-refractivity contribution in [3.05, 3.63) is 53.1 Å². The van der Waals surface area contributed by atoms with Gasteiger partial charge in [0.1, 0.15) is 11.6 Å². The van der Waals surface area contributed by atoms with E-state index in [2.05, 4.69) is 41.7 Å². The lowest BCUT2D eigenvalue weighted by atomic mass is 9.79. The molecule has 3 rings (SSSR count). The summed E-state index contributed by atoms with van der Waals surface area (Å²) in [7, 11) is 0. The van der Waals surface area contributed by atoms with Crippen molar-refractivity contribution in [2.24, 2.45) is 0 Å². The molecule has 0 aliphatic carbocycles. The van der Waals surface area contributed by atoms with Crippen molar-refractivity contribution in [2.75, 3.05) is 6.61 Å². The van der Waals surface area contributed by atoms with Gasteiger partial charge in [0.05, 0.1) is 12.2 Å². The van der Waals surface area contributed by atoms with E-state index in [0.717, 1.165) is 42.1 Å². The summed E-state index contributed by atoms with van der Waals surface area (Å²) in [5.74, 6) is 7.20. The number of benzene rings is 1. The molecule has 0 fully saturated rings. The Hall–Kier alpha value is -2.87. The Morgan fingerprint density at radius 1 is 1.19 bits per heavy atom. The zero-order valence-corrected chi connectivity index (χ0v) is 15.8. The van der Waals surface area contributed by atoms with Gasteiger partial charge in [-0.1, -0.05) is 25.7 Å².